The second-order valence-electron chi connectivity index (χ2n) is 5.39. The van der Waals surface area contributed by atoms with Crippen LogP contribution in [0.3, 0.4) is 0 Å². The summed E-state index contributed by atoms with van der Waals surface area (Å²) in [6.07, 6.45) is 1.48. The van der Waals surface area contributed by atoms with Crippen molar-refractivity contribution >= 4 is 21.7 Å². The number of carbonyl (C=O) groups excluding carboxylic acids is 1. The van der Waals surface area contributed by atoms with Crippen LogP contribution in [0.4, 0.5) is 0 Å². The molecule has 0 spiro atoms. The topological polar surface area (TPSA) is 101 Å². The van der Waals surface area contributed by atoms with Crippen molar-refractivity contribution in [2.75, 3.05) is 18.6 Å². The molecule has 1 saturated carbocycles. The van der Waals surface area contributed by atoms with Crippen LogP contribution in [-0.4, -0.2) is 44.0 Å². The van der Waals surface area contributed by atoms with Gasteiger partial charge >= 0.3 is 5.97 Å². The number of hydrogen-bond acceptors (Lipinski definition) is 4. The van der Waals surface area contributed by atoms with E-state index in [4.69, 9.17) is 5.11 Å². The molecule has 0 unspecified atom stereocenters. The molecule has 0 aromatic rings. The summed E-state index contributed by atoms with van der Waals surface area (Å²) in [5, 5.41) is 11.5. The highest BCUT2D eigenvalue weighted by atomic mass is 32.2. The minimum absolute atomic E-state index is 0.0176. The molecule has 0 bridgehead atoms. The predicted octanol–water partition coefficient (Wildman–Crippen LogP) is -0.106. The predicted molar refractivity (Wildman–Crippen MR) is 65.7 cm³/mol. The third-order valence-electron chi connectivity index (χ3n) is 3.37. The van der Waals surface area contributed by atoms with Crippen LogP contribution in [0.25, 0.3) is 0 Å². The number of aliphatic carboxylic acids is 1. The SMILES string of the molecule is CC1(C)[C@H](C(=O)O)[C@@H]1C(=O)NCCCS(C)(=O)=O. The lowest BCUT2D eigenvalue weighted by Gasteiger charge is -2.05. The fraction of sp³-hybridized carbons (Fsp3) is 0.818. The van der Waals surface area contributed by atoms with Crippen molar-refractivity contribution in [2.45, 2.75) is 20.3 Å². The number of carbonyl (C=O) groups is 2. The molecule has 2 N–H and O–H groups in total. The summed E-state index contributed by atoms with van der Waals surface area (Å²) in [6.45, 7) is 3.74. The van der Waals surface area contributed by atoms with Gasteiger partial charge in [-0.05, 0) is 11.8 Å². The van der Waals surface area contributed by atoms with Gasteiger partial charge in [0, 0.05) is 12.8 Å². The molecular formula is C11H19NO5S. The van der Waals surface area contributed by atoms with Crippen LogP contribution in [-0.2, 0) is 19.4 Å². The van der Waals surface area contributed by atoms with Gasteiger partial charge in [-0.1, -0.05) is 13.8 Å². The zero-order chi connectivity index (χ0) is 14.1. The molecule has 1 amide bonds. The van der Waals surface area contributed by atoms with Crippen molar-refractivity contribution < 1.29 is 23.1 Å². The summed E-state index contributed by atoms with van der Waals surface area (Å²) in [7, 11) is -3.02. The Labute approximate surface area is 107 Å². The summed E-state index contributed by atoms with van der Waals surface area (Å²) < 4.78 is 21.8. The third-order valence-corrected chi connectivity index (χ3v) is 4.40. The van der Waals surface area contributed by atoms with Crippen molar-refractivity contribution in [3.8, 4) is 0 Å². The molecule has 7 heteroatoms. The van der Waals surface area contributed by atoms with Gasteiger partial charge in [-0.25, -0.2) is 8.42 Å². The largest absolute Gasteiger partial charge is 0.481 e. The van der Waals surface area contributed by atoms with Crippen molar-refractivity contribution in [3.63, 3.8) is 0 Å². The maximum Gasteiger partial charge on any atom is 0.307 e. The van der Waals surface area contributed by atoms with Gasteiger partial charge in [-0.15, -0.1) is 0 Å². The fourth-order valence-electron chi connectivity index (χ4n) is 2.24. The number of hydrogen-bond donors (Lipinski definition) is 2. The van der Waals surface area contributed by atoms with E-state index in [1.807, 2.05) is 0 Å². The van der Waals surface area contributed by atoms with E-state index >= 15 is 0 Å². The molecule has 0 heterocycles. The zero-order valence-corrected chi connectivity index (χ0v) is 11.6. The minimum atomic E-state index is -3.02. The Morgan fingerprint density at radius 2 is 1.83 bits per heavy atom. The molecule has 18 heavy (non-hydrogen) atoms. The first-order chi connectivity index (χ1) is 8.07. The maximum atomic E-state index is 11.7. The van der Waals surface area contributed by atoms with Crippen LogP contribution in [0.5, 0.6) is 0 Å². The van der Waals surface area contributed by atoms with Gasteiger partial charge in [-0.3, -0.25) is 9.59 Å². The Bertz CT molecular complexity index is 454. The summed E-state index contributed by atoms with van der Waals surface area (Å²) >= 11 is 0. The first-order valence-electron chi connectivity index (χ1n) is 5.75. The molecule has 1 rings (SSSR count). The van der Waals surface area contributed by atoms with Crippen LogP contribution in [0.1, 0.15) is 20.3 Å². The van der Waals surface area contributed by atoms with E-state index in [0.29, 0.717) is 6.42 Å². The smallest absolute Gasteiger partial charge is 0.307 e. The Morgan fingerprint density at radius 3 is 2.22 bits per heavy atom. The molecule has 1 fully saturated rings. The fourth-order valence-corrected chi connectivity index (χ4v) is 2.91. The van der Waals surface area contributed by atoms with E-state index < -0.39 is 33.1 Å². The summed E-state index contributed by atoms with van der Waals surface area (Å²) in [5.41, 5.74) is -0.521. The standard InChI is InChI=1S/C11H19NO5S/c1-11(2)7(8(11)10(14)15)9(13)12-5-4-6-18(3,16)17/h7-8H,4-6H2,1-3H3,(H,12,13)(H,14,15)/t7-,8+/m1/s1. The highest BCUT2D eigenvalue weighted by molar-refractivity contribution is 7.90. The van der Waals surface area contributed by atoms with Crippen molar-refractivity contribution in [1.82, 2.24) is 5.32 Å². The Kier molecular flexibility index (Phi) is 4.05. The molecule has 1 aliphatic carbocycles. The maximum absolute atomic E-state index is 11.7. The number of carboxylic acids is 1. The first kappa shape index (κ1) is 14.9. The number of rotatable bonds is 6. The van der Waals surface area contributed by atoms with Crippen LogP contribution in [0, 0.1) is 17.3 Å². The van der Waals surface area contributed by atoms with Gasteiger partial charge in [0.25, 0.3) is 0 Å². The van der Waals surface area contributed by atoms with Gasteiger partial charge in [0.2, 0.25) is 5.91 Å². The Balaban J connectivity index is 2.38. The van der Waals surface area contributed by atoms with Crippen LogP contribution in [0.15, 0.2) is 0 Å². The molecule has 1 aliphatic rings. The molecule has 0 aromatic heterocycles. The van der Waals surface area contributed by atoms with E-state index in [-0.39, 0.29) is 18.2 Å². The lowest BCUT2D eigenvalue weighted by Crippen LogP contribution is -2.29. The van der Waals surface area contributed by atoms with Crippen molar-refractivity contribution in [2.24, 2.45) is 17.3 Å². The van der Waals surface area contributed by atoms with Gasteiger partial charge in [-0.2, -0.15) is 0 Å². The van der Waals surface area contributed by atoms with E-state index in [9.17, 15) is 18.0 Å². The number of carboxylic acid groups (broad SMARTS) is 1. The summed E-state index contributed by atoms with van der Waals surface area (Å²) in [5.74, 6) is -2.42. The van der Waals surface area contributed by atoms with Gasteiger partial charge in [0.1, 0.15) is 9.84 Å². The molecule has 6 nitrogen and oxygen atoms in total. The van der Waals surface area contributed by atoms with Gasteiger partial charge in [0.15, 0.2) is 0 Å². The number of nitrogens with one attached hydrogen (secondary N) is 1. The lowest BCUT2D eigenvalue weighted by molar-refractivity contribution is -0.140. The molecular weight excluding hydrogens is 258 g/mol. The number of sulfone groups is 1. The molecule has 0 aliphatic heterocycles. The van der Waals surface area contributed by atoms with E-state index in [0.717, 1.165) is 6.26 Å². The summed E-state index contributed by atoms with van der Waals surface area (Å²) in [6, 6.07) is 0. The highest BCUT2D eigenvalue weighted by Crippen LogP contribution is 2.58. The van der Waals surface area contributed by atoms with Crippen LogP contribution < -0.4 is 5.32 Å². The van der Waals surface area contributed by atoms with E-state index in [1.54, 1.807) is 13.8 Å². The van der Waals surface area contributed by atoms with E-state index in [2.05, 4.69) is 5.32 Å². The average molecular weight is 277 g/mol. The van der Waals surface area contributed by atoms with E-state index in [1.165, 1.54) is 0 Å². The quantitative estimate of drug-likeness (QED) is 0.660. The average Bonchev–Trinajstić information content (AvgIpc) is 2.75. The molecule has 0 radical (unpaired) electrons. The Morgan fingerprint density at radius 1 is 1.28 bits per heavy atom. The highest BCUT2D eigenvalue weighted by Gasteiger charge is 2.65. The van der Waals surface area contributed by atoms with Gasteiger partial charge < -0.3 is 10.4 Å². The molecule has 104 valence electrons. The second kappa shape index (κ2) is 4.87. The third kappa shape index (κ3) is 3.44. The van der Waals surface area contributed by atoms with Crippen LogP contribution >= 0.6 is 0 Å². The first-order valence-corrected chi connectivity index (χ1v) is 7.81. The van der Waals surface area contributed by atoms with Crippen molar-refractivity contribution in [3.05, 3.63) is 0 Å². The normalized spacial score (nSPS) is 25.5. The molecule has 0 aromatic carbocycles. The molecule has 0 saturated heterocycles. The minimum Gasteiger partial charge on any atom is -0.481 e. The van der Waals surface area contributed by atoms with Gasteiger partial charge in [0.05, 0.1) is 17.6 Å². The van der Waals surface area contributed by atoms with Crippen LogP contribution in [0.2, 0.25) is 0 Å². The monoisotopic (exact) mass is 277 g/mol. The lowest BCUT2D eigenvalue weighted by atomic mass is 10.1. The number of amides is 1. The Hall–Kier alpha value is -1.11. The summed E-state index contributed by atoms with van der Waals surface area (Å²) in [4.78, 5) is 22.6. The zero-order valence-electron chi connectivity index (χ0n) is 10.8. The van der Waals surface area contributed by atoms with Crippen molar-refractivity contribution in [1.29, 1.82) is 0 Å². The molecule has 2 atom stereocenters. The second-order valence-corrected chi connectivity index (χ2v) is 7.65.